The Balaban J connectivity index is 1.38. The molecule has 0 bridgehead atoms. The minimum Gasteiger partial charge on any atom is -0.497 e. The SMILES string of the molecule is COc1ccc(-c2nn(-c3ccccc3)cc2/C=C/C(=O)Nc2ccc(-n3cncn3)nc2)cc1. The fourth-order valence-corrected chi connectivity index (χ4v) is 3.47. The predicted octanol–water partition coefficient (Wildman–Crippen LogP) is 4.18. The van der Waals surface area contributed by atoms with Crippen molar-refractivity contribution < 1.29 is 9.53 Å². The van der Waals surface area contributed by atoms with Crippen LogP contribution in [0, 0.1) is 0 Å². The molecular formula is C26H21N7O2. The average Bonchev–Trinajstić information content (AvgIpc) is 3.59. The number of hydrogen-bond acceptors (Lipinski definition) is 6. The molecule has 0 saturated heterocycles. The van der Waals surface area contributed by atoms with E-state index in [2.05, 4.69) is 20.4 Å². The quantitative estimate of drug-likeness (QED) is 0.364. The Hall–Kier alpha value is -5.05. The molecule has 0 radical (unpaired) electrons. The Kier molecular flexibility index (Phi) is 6.12. The third-order valence-corrected chi connectivity index (χ3v) is 5.21. The summed E-state index contributed by atoms with van der Waals surface area (Å²) in [6.07, 6.45) is 9.68. The highest BCUT2D eigenvalue weighted by Gasteiger charge is 2.11. The van der Waals surface area contributed by atoms with Crippen molar-refractivity contribution in [1.29, 1.82) is 0 Å². The molecule has 5 aromatic rings. The van der Waals surface area contributed by atoms with Gasteiger partial charge < -0.3 is 10.1 Å². The number of ether oxygens (including phenoxy) is 1. The van der Waals surface area contributed by atoms with Crippen LogP contribution in [-0.2, 0) is 4.79 Å². The minimum atomic E-state index is -0.284. The summed E-state index contributed by atoms with van der Waals surface area (Å²) in [5.41, 5.74) is 3.95. The molecule has 0 saturated carbocycles. The van der Waals surface area contributed by atoms with Crippen molar-refractivity contribution >= 4 is 17.7 Å². The summed E-state index contributed by atoms with van der Waals surface area (Å²) in [6.45, 7) is 0. The number of benzene rings is 2. The number of para-hydroxylation sites is 1. The minimum absolute atomic E-state index is 0.284. The lowest BCUT2D eigenvalue weighted by atomic mass is 10.1. The highest BCUT2D eigenvalue weighted by Crippen LogP contribution is 2.26. The van der Waals surface area contributed by atoms with Crippen LogP contribution in [-0.4, -0.2) is 42.5 Å². The van der Waals surface area contributed by atoms with E-state index in [9.17, 15) is 4.79 Å². The van der Waals surface area contributed by atoms with E-state index in [0.717, 1.165) is 28.3 Å². The van der Waals surface area contributed by atoms with Crippen LogP contribution < -0.4 is 10.1 Å². The Labute approximate surface area is 201 Å². The van der Waals surface area contributed by atoms with E-state index in [4.69, 9.17) is 9.84 Å². The van der Waals surface area contributed by atoms with Gasteiger partial charge in [-0.15, -0.1) is 0 Å². The van der Waals surface area contributed by atoms with E-state index in [0.29, 0.717) is 11.5 Å². The van der Waals surface area contributed by atoms with E-state index < -0.39 is 0 Å². The average molecular weight is 464 g/mol. The van der Waals surface area contributed by atoms with Gasteiger partial charge in [-0.3, -0.25) is 4.79 Å². The van der Waals surface area contributed by atoms with Gasteiger partial charge in [0.05, 0.1) is 30.4 Å². The summed E-state index contributed by atoms with van der Waals surface area (Å²) in [5.74, 6) is 1.08. The van der Waals surface area contributed by atoms with Gasteiger partial charge in [0.25, 0.3) is 0 Å². The van der Waals surface area contributed by atoms with Gasteiger partial charge in [-0.1, -0.05) is 18.2 Å². The lowest BCUT2D eigenvalue weighted by Gasteiger charge is -2.04. The molecule has 35 heavy (non-hydrogen) atoms. The first-order chi connectivity index (χ1) is 17.2. The number of pyridine rings is 1. The first kappa shape index (κ1) is 21.8. The summed E-state index contributed by atoms with van der Waals surface area (Å²) < 4.78 is 8.60. The van der Waals surface area contributed by atoms with E-state index in [-0.39, 0.29) is 5.91 Å². The summed E-state index contributed by atoms with van der Waals surface area (Å²) in [5, 5.41) is 11.6. The number of nitrogens with one attached hydrogen (secondary N) is 1. The summed E-state index contributed by atoms with van der Waals surface area (Å²) >= 11 is 0. The molecule has 0 unspecified atom stereocenters. The Morgan fingerprint density at radius 3 is 2.51 bits per heavy atom. The van der Waals surface area contributed by atoms with E-state index in [1.54, 1.807) is 42.5 Å². The Bertz CT molecular complexity index is 1440. The van der Waals surface area contributed by atoms with Gasteiger partial charge in [-0.2, -0.15) is 10.2 Å². The van der Waals surface area contributed by atoms with Gasteiger partial charge in [0.15, 0.2) is 5.82 Å². The van der Waals surface area contributed by atoms with Crippen molar-refractivity contribution in [3.05, 3.63) is 103 Å². The molecule has 0 aliphatic rings. The highest BCUT2D eigenvalue weighted by molar-refractivity contribution is 6.02. The second-order valence-corrected chi connectivity index (χ2v) is 7.51. The fourth-order valence-electron chi connectivity index (χ4n) is 3.47. The largest absolute Gasteiger partial charge is 0.497 e. The van der Waals surface area contributed by atoms with Crippen LogP contribution in [0.1, 0.15) is 5.56 Å². The van der Waals surface area contributed by atoms with Crippen molar-refractivity contribution in [2.24, 2.45) is 0 Å². The number of nitrogens with zero attached hydrogens (tertiary/aromatic N) is 6. The smallest absolute Gasteiger partial charge is 0.248 e. The third kappa shape index (κ3) is 4.98. The lowest BCUT2D eigenvalue weighted by Crippen LogP contribution is -2.08. The molecule has 0 spiro atoms. The maximum absolute atomic E-state index is 12.6. The van der Waals surface area contributed by atoms with Gasteiger partial charge in [-0.25, -0.2) is 19.3 Å². The molecule has 1 N–H and O–H groups in total. The van der Waals surface area contributed by atoms with Crippen LogP contribution in [0.3, 0.4) is 0 Å². The zero-order chi connectivity index (χ0) is 24.0. The van der Waals surface area contributed by atoms with Crippen molar-refractivity contribution in [3.8, 4) is 28.5 Å². The maximum Gasteiger partial charge on any atom is 0.248 e. The molecule has 2 aromatic carbocycles. The number of hydrogen-bond donors (Lipinski definition) is 1. The van der Waals surface area contributed by atoms with E-state index in [1.165, 1.54) is 17.1 Å². The molecule has 0 aliphatic carbocycles. The van der Waals surface area contributed by atoms with Crippen LogP contribution >= 0.6 is 0 Å². The zero-order valence-electron chi connectivity index (χ0n) is 18.8. The molecular weight excluding hydrogens is 442 g/mol. The number of aromatic nitrogens is 6. The van der Waals surface area contributed by atoms with Crippen molar-refractivity contribution in [3.63, 3.8) is 0 Å². The van der Waals surface area contributed by atoms with Crippen LogP contribution in [0.5, 0.6) is 5.75 Å². The first-order valence-corrected chi connectivity index (χ1v) is 10.8. The number of methoxy groups -OCH3 is 1. The Morgan fingerprint density at radius 2 is 1.83 bits per heavy atom. The molecule has 5 rings (SSSR count). The second kappa shape index (κ2) is 9.84. The molecule has 0 aliphatic heterocycles. The molecule has 3 heterocycles. The van der Waals surface area contributed by atoms with E-state index in [1.807, 2.05) is 60.8 Å². The van der Waals surface area contributed by atoms with Crippen LogP contribution in [0.25, 0.3) is 28.8 Å². The lowest BCUT2D eigenvalue weighted by molar-refractivity contribution is -0.111. The number of anilines is 1. The third-order valence-electron chi connectivity index (χ3n) is 5.21. The number of amides is 1. The van der Waals surface area contributed by atoms with Gasteiger partial charge in [0.1, 0.15) is 18.4 Å². The monoisotopic (exact) mass is 463 g/mol. The van der Waals surface area contributed by atoms with Crippen LogP contribution in [0.2, 0.25) is 0 Å². The maximum atomic E-state index is 12.6. The number of rotatable bonds is 7. The number of carbonyl (C=O) groups excluding carboxylic acids is 1. The molecule has 3 aromatic heterocycles. The van der Waals surface area contributed by atoms with Crippen molar-refractivity contribution in [2.75, 3.05) is 12.4 Å². The van der Waals surface area contributed by atoms with Gasteiger partial charge in [-0.05, 0) is 54.6 Å². The molecule has 1 amide bonds. The molecule has 9 heteroatoms. The molecule has 9 nitrogen and oxygen atoms in total. The number of carbonyl (C=O) groups is 1. The summed E-state index contributed by atoms with van der Waals surface area (Å²) in [6, 6.07) is 21.0. The van der Waals surface area contributed by atoms with Crippen LogP contribution in [0.15, 0.2) is 97.9 Å². The van der Waals surface area contributed by atoms with Crippen molar-refractivity contribution in [1.82, 2.24) is 29.5 Å². The van der Waals surface area contributed by atoms with Crippen molar-refractivity contribution in [2.45, 2.75) is 0 Å². The zero-order valence-corrected chi connectivity index (χ0v) is 18.8. The molecule has 172 valence electrons. The standard InChI is InChI=1S/C26H21N7O2/c1-35-23-11-7-19(8-12-23)26-20(16-32(31-26)22-5-3-2-4-6-22)9-14-25(34)30-21-10-13-24(28-15-21)33-18-27-17-29-33/h2-18H,1H3,(H,30,34)/b14-9+. The highest BCUT2D eigenvalue weighted by atomic mass is 16.5. The second-order valence-electron chi connectivity index (χ2n) is 7.51. The summed E-state index contributed by atoms with van der Waals surface area (Å²) in [4.78, 5) is 20.8. The molecule has 0 atom stereocenters. The topological polar surface area (TPSA) is 99.8 Å². The van der Waals surface area contributed by atoms with Gasteiger partial charge >= 0.3 is 0 Å². The normalized spacial score (nSPS) is 11.0. The Morgan fingerprint density at radius 1 is 1.00 bits per heavy atom. The molecule has 0 fully saturated rings. The predicted molar refractivity (Wildman–Crippen MR) is 132 cm³/mol. The summed E-state index contributed by atoms with van der Waals surface area (Å²) in [7, 11) is 1.63. The van der Waals surface area contributed by atoms with Gasteiger partial charge in [0.2, 0.25) is 5.91 Å². The fraction of sp³-hybridized carbons (Fsp3) is 0.0385. The van der Waals surface area contributed by atoms with E-state index >= 15 is 0 Å². The van der Waals surface area contributed by atoms with Crippen LogP contribution in [0.4, 0.5) is 5.69 Å². The first-order valence-electron chi connectivity index (χ1n) is 10.8. The van der Waals surface area contributed by atoms with Gasteiger partial charge in [0, 0.05) is 23.4 Å².